The molecule has 1 fully saturated rings. The molecule has 1 amide bonds. The van der Waals surface area contributed by atoms with Gasteiger partial charge in [0, 0.05) is 12.6 Å². The number of nitrogens with zero attached hydrogens (tertiary/aromatic N) is 3. The molecule has 1 aliphatic rings. The second-order valence-corrected chi connectivity index (χ2v) is 4.96. The Bertz CT molecular complexity index is 521. The van der Waals surface area contributed by atoms with Gasteiger partial charge in [-0.05, 0) is 26.2 Å². The lowest BCUT2D eigenvalue weighted by Gasteiger charge is -2.08. The number of anilines is 1. The summed E-state index contributed by atoms with van der Waals surface area (Å²) in [6.45, 7) is 4.15. The Kier molecular flexibility index (Phi) is 4.21. The van der Waals surface area contributed by atoms with E-state index in [1.165, 1.54) is 0 Å². The minimum atomic E-state index is -0.463. The van der Waals surface area contributed by atoms with Crippen molar-refractivity contribution < 1.29 is 9.72 Å². The minimum Gasteiger partial charge on any atom is -0.355 e. The number of carbonyl (C=O) groups is 1. The normalized spacial score (nSPS) is 14.1. The summed E-state index contributed by atoms with van der Waals surface area (Å²) in [6.07, 6.45) is 2.83. The van der Waals surface area contributed by atoms with Crippen molar-refractivity contribution in [3.63, 3.8) is 0 Å². The van der Waals surface area contributed by atoms with E-state index in [1.54, 1.807) is 11.6 Å². The van der Waals surface area contributed by atoms with Crippen molar-refractivity contribution in [3.8, 4) is 0 Å². The Morgan fingerprint density at radius 1 is 1.55 bits per heavy atom. The molecule has 0 atom stereocenters. The third-order valence-electron chi connectivity index (χ3n) is 3.07. The van der Waals surface area contributed by atoms with Crippen LogP contribution in [0.25, 0.3) is 0 Å². The minimum absolute atomic E-state index is 0.0200. The van der Waals surface area contributed by atoms with E-state index in [0.29, 0.717) is 18.1 Å². The summed E-state index contributed by atoms with van der Waals surface area (Å²) < 4.78 is 1.55. The molecule has 2 rings (SSSR count). The monoisotopic (exact) mass is 281 g/mol. The molecule has 0 aliphatic heterocycles. The molecular weight excluding hydrogens is 262 g/mol. The van der Waals surface area contributed by atoms with Crippen LogP contribution in [0.2, 0.25) is 0 Å². The summed E-state index contributed by atoms with van der Waals surface area (Å²) in [5.41, 5.74) is 0.297. The number of amides is 1. The van der Waals surface area contributed by atoms with E-state index in [0.717, 1.165) is 19.3 Å². The highest BCUT2D eigenvalue weighted by Crippen LogP contribution is 2.28. The topological polar surface area (TPSA) is 102 Å². The Labute approximate surface area is 116 Å². The SMILES string of the molecule is CCCn1nc(C)c([N+](=O)[O-])c1NCC(=O)NC1CC1. The lowest BCUT2D eigenvalue weighted by molar-refractivity contribution is -0.384. The van der Waals surface area contributed by atoms with Crippen molar-refractivity contribution in [3.05, 3.63) is 15.8 Å². The first kappa shape index (κ1) is 14.3. The number of aromatic nitrogens is 2. The number of nitro groups is 1. The van der Waals surface area contributed by atoms with Crippen LogP contribution in [0.3, 0.4) is 0 Å². The van der Waals surface area contributed by atoms with Crippen molar-refractivity contribution in [2.75, 3.05) is 11.9 Å². The molecule has 20 heavy (non-hydrogen) atoms. The second-order valence-electron chi connectivity index (χ2n) is 4.96. The van der Waals surface area contributed by atoms with Gasteiger partial charge in [0.15, 0.2) is 0 Å². The fourth-order valence-corrected chi connectivity index (χ4v) is 2.01. The third-order valence-corrected chi connectivity index (χ3v) is 3.07. The standard InChI is InChI=1S/C12H19N5O3/c1-3-6-16-12(11(17(19)20)8(2)15-16)13-7-10(18)14-9-4-5-9/h9,13H,3-7H2,1-2H3,(H,14,18). The van der Waals surface area contributed by atoms with Gasteiger partial charge in [-0.15, -0.1) is 0 Å². The molecule has 1 heterocycles. The maximum absolute atomic E-state index is 11.7. The Balaban J connectivity index is 2.10. The zero-order valence-electron chi connectivity index (χ0n) is 11.7. The first-order valence-corrected chi connectivity index (χ1v) is 6.78. The van der Waals surface area contributed by atoms with Gasteiger partial charge >= 0.3 is 5.69 Å². The average Bonchev–Trinajstić information content (AvgIpc) is 3.11. The zero-order valence-corrected chi connectivity index (χ0v) is 11.7. The molecule has 1 saturated carbocycles. The second kappa shape index (κ2) is 5.89. The summed E-state index contributed by atoms with van der Waals surface area (Å²) in [7, 11) is 0. The van der Waals surface area contributed by atoms with E-state index < -0.39 is 4.92 Å². The summed E-state index contributed by atoms with van der Waals surface area (Å²) >= 11 is 0. The van der Waals surface area contributed by atoms with Gasteiger partial charge in [0.25, 0.3) is 0 Å². The van der Waals surface area contributed by atoms with E-state index in [2.05, 4.69) is 15.7 Å². The smallest absolute Gasteiger partial charge is 0.333 e. The summed E-state index contributed by atoms with van der Waals surface area (Å²) in [6, 6.07) is 0.279. The number of hydrogen-bond acceptors (Lipinski definition) is 5. The molecule has 2 N–H and O–H groups in total. The molecule has 0 bridgehead atoms. The molecule has 8 nitrogen and oxygen atoms in total. The predicted molar refractivity (Wildman–Crippen MR) is 73.6 cm³/mol. The van der Waals surface area contributed by atoms with Crippen molar-refractivity contribution in [2.24, 2.45) is 0 Å². The first-order valence-electron chi connectivity index (χ1n) is 6.78. The third kappa shape index (κ3) is 3.25. The van der Waals surface area contributed by atoms with Gasteiger partial charge in [-0.2, -0.15) is 5.10 Å². The van der Waals surface area contributed by atoms with E-state index in [4.69, 9.17) is 0 Å². The van der Waals surface area contributed by atoms with Crippen LogP contribution < -0.4 is 10.6 Å². The molecule has 1 aromatic rings. The van der Waals surface area contributed by atoms with Gasteiger partial charge in [-0.1, -0.05) is 6.92 Å². The van der Waals surface area contributed by atoms with Crippen molar-refractivity contribution >= 4 is 17.4 Å². The maximum atomic E-state index is 11.7. The van der Waals surface area contributed by atoms with Crippen LogP contribution in [-0.4, -0.2) is 33.2 Å². The highest BCUT2D eigenvalue weighted by molar-refractivity contribution is 5.81. The number of rotatable bonds is 7. The largest absolute Gasteiger partial charge is 0.355 e. The van der Waals surface area contributed by atoms with Gasteiger partial charge < -0.3 is 10.6 Å². The van der Waals surface area contributed by atoms with Gasteiger partial charge in [0.2, 0.25) is 11.7 Å². The summed E-state index contributed by atoms with van der Waals surface area (Å²) in [4.78, 5) is 22.3. The number of carbonyl (C=O) groups excluding carboxylic acids is 1. The maximum Gasteiger partial charge on any atom is 0.333 e. The molecule has 0 radical (unpaired) electrons. The number of aryl methyl sites for hydroxylation is 2. The van der Waals surface area contributed by atoms with Crippen molar-refractivity contribution in [1.29, 1.82) is 0 Å². The molecular formula is C12H19N5O3. The van der Waals surface area contributed by atoms with E-state index in [1.807, 2.05) is 6.92 Å². The molecule has 1 aromatic heterocycles. The van der Waals surface area contributed by atoms with E-state index in [-0.39, 0.29) is 24.2 Å². The van der Waals surface area contributed by atoms with Gasteiger partial charge in [0.05, 0.1) is 11.5 Å². The van der Waals surface area contributed by atoms with Crippen molar-refractivity contribution in [2.45, 2.75) is 45.7 Å². The number of nitrogens with one attached hydrogen (secondary N) is 2. The summed E-state index contributed by atoms with van der Waals surface area (Å²) in [5.74, 6) is 0.156. The fraction of sp³-hybridized carbons (Fsp3) is 0.667. The Morgan fingerprint density at radius 3 is 2.80 bits per heavy atom. The van der Waals surface area contributed by atoms with Crippen LogP contribution in [0.4, 0.5) is 11.5 Å². The first-order chi connectivity index (χ1) is 9.52. The van der Waals surface area contributed by atoms with Gasteiger partial charge in [0.1, 0.15) is 5.69 Å². The Hall–Kier alpha value is -2.12. The predicted octanol–water partition coefficient (Wildman–Crippen LogP) is 1.20. The lowest BCUT2D eigenvalue weighted by atomic mass is 10.3. The molecule has 0 spiro atoms. The zero-order chi connectivity index (χ0) is 14.7. The van der Waals surface area contributed by atoms with Crippen LogP contribution in [0.15, 0.2) is 0 Å². The highest BCUT2D eigenvalue weighted by atomic mass is 16.6. The molecule has 0 unspecified atom stereocenters. The Morgan fingerprint density at radius 2 is 2.25 bits per heavy atom. The quantitative estimate of drug-likeness (QED) is 0.577. The van der Waals surface area contributed by atoms with Crippen LogP contribution >= 0.6 is 0 Å². The van der Waals surface area contributed by atoms with Crippen LogP contribution in [0, 0.1) is 17.0 Å². The summed E-state index contributed by atoms with van der Waals surface area (Å²) in [5, 5.41) is 20.9. The molecule has 0 aromatic carbocycles. The van der Waals surface area contributed by atoms with Crippen molar-refractivity contribution in [1.82, 2.24) is 15.1 Å². The van der Waals surface area contributed by atoms with Gasteiger partial charge in [-0.25, -0.2) is 4.68 Å². The number of hydrogen-bond donors (Lipinski definition) is 2. The average molecular weight is 281 g/mol. The molecule has 1 aliphatic carbocycles. The fourth-order valence-electron chi connectivity index (χ4n) is 2.01. The van der Waals surface area contributed by atoms with E-state index >= 15 is 0 Å². The molecule has 0 saturated heterocycles. The van der Waals surface area contributed by atoms with E-state index in [9.17, 15) is 14.9 Å². The highest BCUT2D eigenvalue weighted by Gasteiger charge is 2.27. The van der Waals surface area contributed by atoms with Gasteiger partial charge in [-0.3, -0.25) is 14.9 Å². The van der Waals surface area contributed by atoms with Crippen LogP contribution in [0.5, 0.6) is 0 Å². The lowest BCUT2D eigenvalue weighted by Crippen LogP contribution is -2.32. The molecule has 110 valence electrons. The van der Waals surface area contributed by atoms with Crippen LogP contribution in [0.1, 0.15) is 31.9 Å². The molecule has 8 heteroatoms. The van der Waals surface area contributed by atoms with Crippen LogP contribution in [-0.2, 0) is 11.3 Å².